The van der Waals surface area contributed by atoms with E-state index in [2.05, 4.69) is 0 Å². The van der Waals surface area contributed by atoms with Gasteiger partial charge in [0.15, 0.2) is 12.4 Å². The van der Waals surface area contributed by atoms with Crippen LogP contribution in [0.15, 0.2) is 72.8 Å². The van der Waals surface area contributed by atoms with Gasteiger partial charge in [0.05, 0.1) is 5.56 Å². The van der Waals surface area contributed by atoms with Gasteiger partial charge in [0, 0.05) is 22.3 Å². The number of ether oxygens (including phenoxy) is 1. The summed E-state index contributed by atoms with van der Waals surface area (Å²) in [5, 5.41) is 0.437. The highest BCUT2D eigenvalue weighted by atomic mass is 35.5. The Hall–Kier alpha value is -3.11. The number of benzene rings is 3. The van der Waals surface area contributed by atoms with Crippen LogP contribution in [0.1, 0.15) is 34.3 Å². The molecule has 0 radical (unpaired) electrons. The fourth-order valence-electron chi connectivity index (χ4n) is 3.46. The number of nitrogens with zero attached hydrogens (tertiary/aromatic N) is 1. The van der Waals surface area contributed by atoms with Gasteiger partial charge in [0.2, 0.25) is 0 Å². The van der Waals surface area contributed by atoms with Crippen molar-refractivity contribution < 1.29 is 14.3 Å². The number of ketones is 1. The number of carbonyl (C=O) groups excluding carboxylic acids is 2. The molecule has 3 aromatic carbocycles. The van der Waals surface area contributed by atoms with Crippen LogP contribution in [-0.2, 0) is 4.79 Å². The Bertz CT molecular complexity index is 1080. The summed E-state index contributed by atoms with van der Waals surface area (Å²) >= 11 is 6.13. The molecule has 3 aromatic rings. The van der Waals surface area contributed by atoms with Gasteiger partial charge in [-0.05, 0) is 49.6 Å². The van der Waals surface area contributed by atoms with Crippen LogP contribution in [0.5, 0.6) is 5.75 Å². The quantitative estimate of drug-likeness (QED) is 0.478. The first kappa shape index (κ1) is 20.2. The van der Waals surface area contributed by atoms with E-state index in [0.717, 1.165) is 24.1 Å². The lowest BCUT2D eigenvalue weighted by Crippen LogP contribution is -2.37. The molecule has 5 heteroatoms. The molecule has 1 amide bonds. The summed E-state index contributed by atoms with van der Waals surface area (Å²) in [6, 6.07) is 21.9. The lowest BCUT2D eigenvalue weighted by atomic mass is 10.0. The molecule has 30 heavy (non-hydrogen) atoms. The summed E-state index contributed by atoms with van der Waals surface area (Å²) in [5.41, 5.74) is 2.83. The second-order valence-corrected chi connectivity index (χ2v) is 7.84. The van der Waals surface area contributed by atoms with Gasteiger partial charge < -0.3 is 9.64 Å². The van der Waals surface area contributed by atoms with E-state index in [0.29, 0.717) is 21.9 Å². The van der Waals surface area contributed by atoms with Crippen LogP contribution >= 0.6 is 11.6 Å². The largest absolute Gasteiger partial charge is 0.483 e. The maximum absolute atomic E-state index is 13.1. The zero-order valence-corrected chi connectivity index (χ0v) is 17.4. The molecule has 0 spiro atoms. The Kier molecular flexibility index (Phi) is 5.86. The van der Waals surface area contributed by atoms with Crippen molar-refractivity contribution in [3.05, 3.63) is 94.5 Å². The van der Waals surface area contributed by atoms with Crippen molar-refractivity contribution in [2.45, 2.75) is 25.8 Å². The molecule has 0 aromatic heterocycles. The highest BCUT2D eigenvalue weighted by Gasteiger charge is 2.34. The molecule has 0 N–H and O–H groups in total. The molecular formula is C25H22ClNO3. The third-order valence-corrected chi connectivity index (χ3v) is 5.36. The average molecular weight is 420 g/mol. The molecule has 0 atom stereocenters. The molecule has 152 valence electrons. The standard InChI is InChI=1S/C25H22ClNO3/c1-17-7-5-6-10-22(17)27(20-12-13-20)24(28)16-30-23-14-11-19(26)15-21(23)25(29)18-8-3-2-4-9-18/h2-11,14-15,20H,12-13,16H2,1H3. The molecule has 4 rings (SSSR count). The maximum Gasteiger partial charge on any atom is 0.265 e. The van der Waals surface area contributed by atoms with Crippen molar-refractivity contribution in [2.75, 3.05) is 11.5 Å². The van der Waals surface area contributed by atoms with Gasteiger partial charge in [-0.15, -0.1) is 0 Å². The fourth-order valence-corrected chi connectivity index (χ4v) is 3.63. The predicted molar refractivity (Wildman–Crippen MR) is 119 cm³/mol. The summed E-state index contributed by atoms with van der Waals surface area (Å²) in [4.78, 5) is 27.8. The molecule has 0 aliphatic heterocycles. The SMILES string of the molecule is Cc1ccccc1N(C(=O)COc1ccc(Cl)cc1C(=O)c1ccccc1)C1CC1. The number of hydrogen-bond acceptors (Lipinski definition) is 3. The van der Waals surface area contributed by atoms with Crippen LogP contribution in [0.4, 0.5) is 5.69 Å². The Morgan fingerprint density at radius 1 is 1.00 bits per heavy atom. The Labute approximate surface area is 181 Å². The number of amides is 1. The number of hydrogen-bond donors (Lipinski definition) is 0. The monoisotopic (exact) mass is 419 g/mol. The molecule has 0 bridgehead atoms. The number of anilines is 1. The molecule has 1 aliphatic rings. The van der Waals surface area contributed by atoms with Gasteiger partial charge in [-0.1, -0.05) is 60.1 Å². The topological polar surface area (TPSA) is 46.6 Å². The van der Waals surface area contributed by atoms with Crippen LogP contribution in [0.25, 0.3) is 0 Å². The van der Waals surface area contributed by atoms with Gasteiger partial charge in [-0.2, -0.15) is 0 Å². The highest BCUT2D eigenvalue weighted by molar-refractivity contribution is 6.31. The van der Waals surface area contributed by atoms with E-state index >= 15 is 0 Å². The first-order valence-corrected chi connectivity index (χ1v) is 10.3. The predicted octanol–water partition coefficient (Wildman–Crippen LogP) is 5.45. The Morgan fingerprint density at radius 2 is 1.70 bits per heavy atom. The molecule has 1 saturated carbocycles. The second kappa shape index (κ2) is 8.72. The Balaban J connectivity index is 1.55. The van der Waals surface area contributed by atoms with Crippen molar-refractivity contribution >= 4 is 29.0 Å². The minimum Gasteiger partial charge on any atom is -0.483 e. The van der Waals surface area contributed by atoms with Gasteiger partial charge in [0.25, 0.3) is 5.91 Å². The van der Waals surface area contributed by atoms with Crippen molar-refractivity contribution in [1.29, 1.82) is 0 Å². The van der Waals surface area contributed by atoms with Crippen LogP contribution < -0.4 is 9.64 Å². The first-order valence-electron chi connectivity index (χ1n) is 9.94. The van der Waals surface area contributed by atoms with Crippen LogP contribution in [0.2, 0.25) is 5.02 Å². The summed E-state index contributed by atoms with van der Waals surface area (Å²) in [6.07, 6.45) is 1.97. The molecule has 1 fully saturated rings. The number of rotatable bonds is 7. The third kappa shape index (κ3) is 4.39. The normalized spacial score (nSPS) is 13.0. The summed E-state index contributed by atoms with van der Waals surface area (Å²) in [7, 11) is 0. The lowest BCUT2D eigenvalue weighted by molar-refractivity contribution is -0.120. The van der Waals surface area contributed by atoms with Crippen molar-refractivity contribution in [3.63, 3.8) is 0 Å². The van der Waals surface area contributed by atoms with E-state index in [4.69, 9.17) is 16.3 Å². The first-order chi connectivity index (χ1) is 14.5. The summed E-state index contributed by atoms with van der Waals surface area (Å²) in [5.74, 6) is 0.0282. The number of aryl methyl sites for hydroxylation is 1. The summed E-state index contributed by atoms with van der Waals surface area (Å²) < 4.78 is 5.85. The van der Waals surface area contributed by atoms with Gasteiger partial charge in [-0.25, -0.2) is 0 Å². The third-order valence-electron chi connectivity index (χ3n) is 5.13. The van der Waals surface area contributed by atoms with Gasteiger partial charge in [0.1, 0.15) is 5.75 Å². The molecule has 0 saturated heterocycles. The van der Waals surface area contributed by atoms with E-state index in [9.17, 15) is 9.59 Å². The number of para-hydroxylation sites is 1. The zero-order valence-electron chi connectivity index (χ0n) is 16.7. The minimum atomic E-state index is -0.196. The van der Waals surface area contributed by atoms with Crippen molar-refractivity contribution in [3.8, 4) is 5.75 Å². The van der Waals surface area contributed by atoms with Crippen LogP contribution in [0, 0.1) is 6.92 Å². The average Bonchev–Trinajstić information content (AvgIpc) is 3.59. The Morgan fingerprint density at radius 3 is 2.40 bits per heavy atom. The van der Waals surface area contributed by atoms with E-state index in [1.807, 2.05) is 42.2 Å². The van der Waals surface area contributed by atoms with E-state index in [1.54, 1.807) is 42.5 Å². The van der Waals surface area contributed by atoms with E-state index < -0.39 is 0 Å². The highest BCUT2D eigenvalue weighted by Crippen LogP contribution is 2.34. The molecule has 1 aliphatic carbocycles. The minimum absolute atomic E-state index is 0.125. The number of halogens is 1. The van der Waals surface area contributed by atoms with Crippen molar-refractivity contribution in [1.82, 2.24) is 0 Å². The molecule has 0 unspecified atom stereocenters. The molecule has 0 heterocycles. The summed E-state index contributed by atoms with van der Waals surface area (Å²) in [6.45, 7) is 1.84. The van der Waals surface area contributed by atoms with E-state index in [-0.39, 0.29) is 24.3 Å². The maximum atomic E-state index is 13.1. The number of carbonyl (C=O) groups is 2. The second-order valence-electron chi connectivity index (χ2n) is 7.41. The van der Waals surface area contributed by atoms with Crippen LogP contribution in [-0.4, -0.2) is 24.3 Å². The van der Waals surface area contributed by atoms with Gasteiger partial charge in [-0.3, -0.25) is 9.59 Å². The van der Waals surface area contributed by atoms with E-state index in [1.165, 1.54) is 0 Å². The molecular weight excluding hydrogens is 398 g/mol. The van der Waals surface area contributed by atoms with Gasteiger partial charge >= 0.3 is 0 Å². The zero-order chi connectivity index (χ0) is 21.1. The van der Waals surface area contributed by atoms with Crippen LogP contribution in [0.3, 0.4) is 0 Å². The fraction of sp³-hybridized carbons (Fsp3) is 0.200. The lowest BCUT2D eigenvalue weighted by Gasteiger charge is -2.24. The smallest absolute Gasteiger partial charge is 0.265 e. The molecule has 4 nitrogen and oxygen atoms in total. The van der Waals surface area contributed by atoms with Crippen molar-refractivity contribution in [2.24, 2.45) is 0 Å².